The summed E-state index contributed by atoms with van der Waals surface area (Å²) in [5.74, 6) is 0. The first-order chi connectivity index (χ1) is 13.3. The molecule has 0 aliphatic carbocycles. The van der Waals surface area contributed by atoms with Gasteiger partial charge in [-0.1, -0.05) is 0 Å². The molecule has 10 heteroatoms. The molecule has 0 saturated carbocycles. The molecule has 27 heavy (non-hydrogen) atoms. The number of ether oxygens (including phenoxy) is 8. The number of amides is 1. The minimum atomic E-state index is -0.512. The van der Waals surface area contributed by atoms with Crippen LogP contribution in [0.5, 0.6) is 0 Å². The van der Waals surface area contributed by atoms with Crippen molar-refractivity contribution in [1.29, 1.82) is 0 Å². The summed E-state index contributed by atoms with van der Waals surface area (Å²) >= 11 is 0. The van der Waals surface area contributed by atoms with Crippen molar-refractivity contribution in [2.75, 3.05) is 99.5 Å². The minimum absolute atomic E-state index is 0.0947. The lowest BCUT2D eigenvalue weighted by molar-refractivity contribution is -0.0712. The van der Waals surface area contributed by atoms with Crippen molar-refractivity contribution in [2.45, 2.75) is 6.10 Å². The normalized spacial score (nSPS) is 23.7. The van der Waals surface area contributed by atoms with Gasteiger partial charge in [0.1, 0.15) is 12.7 Å². The van der Waals surface area contributed by atoms with Gasteiger partial charge >= 0.3 is 6.09 Å². The Morgan fingerprint density at radius 1 is 0.741 bits per heavy atom. The molecule has 1 unspecified atom stereocenters. The lowest BCUT2D eigenvalue weighted by Crippen LogP contribution is -2.31. The monoisotopic (exact) mass is 395 g/mol. The Kier molecular flexibility index (Phi) is 16.3. The maximum Gasteiger partial charge on any atom is 0.406 e. The Morgan fingerprint density at radius 2 is 1.15 bits per heavy atom. The van der Waals surface area contributed by atoms with E-state index in [0.29, 0.717) is 79.3 Å². The van der Waals surface area contributed by atoms with Crippen LogP contribution in [0.15, 0.2) is 0 Å². The fourth-order valence-electron chi connectivity index (χ4n) is 1.97. The Hall–Kier alpha value is -1.01. The van der Waals surface area contributed by atoms with Crippen LogP contribution < -0.4 is 5.32 Å². The zero-order valence-corrected chi connectivity index (χ0v) is 16.2. The smallest absolute Gasteiger partial charge is 0.406 e. The van der Waals surface area contributed by atoms with Crippen LogP contribution in [0, 0.1) is 0 Å². The molecule has 1 rings (SSSR count). The molecule has 1 aliphatic rings. The Balaban J connectivity index is 2.27. The standard InChI is InChI=1S/C17H33NO9/c1-18-17(19)27-15-16-14-25-11-10-23-7-6-21-3-2-20-4-5-22-8-9-24-12-13-26-16/h16H,2-15H2,1H3,(H,18,19). The third kappa shape index (κ3) is 15.7. The van der Waals surface area contributed by atoms with Gasteiger partial charge in [-0.15, -0.1) is 0 Å². The van der Waals surface area contributed by atoms with Gasteiger partial charge in [0.25, 0.3) is 0 Å². The number of carbonyl (C=O) groups excluding carboxylic acids is 1. The number of nitrogens with one attached hydrogen (secondary N) is 1. The number of hydrogen-bond acceptors (Lipinski definition) is 9. The van der Waals surface area contributed by atoms with Crippen molar-refractivity contribution < 1.29 is 42.7 Å². The zero-order chi connectivity index (χ0) is 19.4. The van der Waals surface area contributed by atoms with Crippen molar-refractivity contribution in [3.63, 3.8) is 0 Å². The third-order valence-electron chi connectivity index (χ3n) is 3.35. The van der Waals surface area contributed by atoms with Crippen molar-refractivity contribution >= 4 is 6.09 Å². The van der Waals surface area contributed by atoms with Gasteiger partial charge in [0.05, 0.1) is 85.9 Å². The Morgan fingerprint density at radius 3 is 1.59 bits per heavy atom. The van der Waals surface area contributed by atoms with Crippen LogP contribution in [0.1, 0.15) is 0 Å². The summed E-state index contributed by atoms with van der Waals surface area (Å²) < 4.78 is 43.2. The molecule has 1 heterocycles. The van der Waals surface area contributed by atoms with Gasteiger partial charge in [-0.05, 0) is 0 Å². The highest BCUT2D eigenvalue weighted by atomic mass is 16.6. The molecule has 0 aromatic rings. The molecular formula is C17H33NO9. The molecule has 0 bridgehead atoms. The van der Waals surface area contributed by atoms with E-state index < -0.39 is 6.09 Å². The molecule has 1 aliphatic heterocycles. The summed E-state index contributed by atoms with van der Waals surface area (Å²) in [6.45, 7) is 6.06. The molecule has 1 N–H and O–H groups in total. The predicted molar refractivity (Wildman–Crippen MR) is 95.1 cm³/mol. The summed E-state index contributed by atoms with van der Waals surface area (Å²) in [5.41, 5.74) is 0. The Labute approximate surface area is 160 Å². The molecule has 0 radical (unpaired) electrons. The maximum absolute atomic E-state index is 11.2. The van der Waals surface area contributed by atoms with Crippen LogP contribution in [-0.2, 0) is 37.9 Å². The molecule has 1 amide bonds. The highest BCUT2D eigenvalue weighted by Crippen LogP contribution is 1.97. The minimum Gasteiger partial charge on any atom is -0.447 e. The Bertz CT molecular complexity index is 324. The van der Waals surface area contributed by atoms with Crippen molar-refractivity contribution in [3.05, 3.63) is 0 Å². The molecule has 160 valence electrons. The largest absolute Gasteiger partial charge is 0.447 e. The summed E-state index contributed by atoms with van der Waals surface area (Å²) in [6.07, 6.45) is -0.890. The predicted octanol–water partition coefficient (Wildman–Crippen LogP) is -0.159. The molecular weight excluding hydrogens is 362 g/mol. The first-order valence-electron chi connectivity index (χ1n) is 9.25. The third-order valence-corrected chi connectivity index (χ3v) is 3.35. The molecule has 0 aromatic carbocycles. The fourth-order valence-corrected chi connectivity index (χ4v) is 1.97. The van der Waals surface area contributed by atoms with E-state index in [-0.39, 0.29) is 19.3 Å². The van der Waals surface area contributed by atoms with E-state index in [1.807, 2.05) is 0 Å². The zero-order valence-electron chi connectivity index (χ0n) is 16.2. The summed E-state index contributed by atoms with van der Waals surface area (Å²) in [5, 5.41) is 2.39. The van der Waals surface area contributed by atoms with Crippen LogP contribution in [0.2, 0.25) is 0 Å². The number of carbonyl (C=O) groups is 1. The van der Waals surface area contributed by atoms with E-state index in [1.165, 1.54) is 7.05 Å². The second-order valence-corrected chi connectivity index (χ2v) is 5.48. The quantitative estimate of drug-likeness (QED) is 0.683. The van der Waals surface area contributed by atoms with E-state index in [4.69, 9.17) is 37.9 Å². The van der Waals surface area contributed by atoms with E-state index in [2.05, 4.69) is 5.32 Å². The first kappa shape index (κ1) is 24.0. The van der Waals surface area contributed by atoms with E-state index in [0.717, 1.165) is 0 Å². The molecule has 1 saturated heterocycles. The summed E-state index contributed by atoms with van der Waals surface area (Å²) in [4.78, 5) is 11.2. The van der Waals surface area contributed by atoms with Crippen LogP contribution in [-0.4, -0.2) is 112 Å². The van der Waals surface area contributed by atoms with Crippen LogP contribution in [0.4, 0.5) is 4.79 Å². The van der Waals surface area contributed by atoms with Gasteiger partial charge < -0.3 is 43.2 Å². The lowest BCUT2D eigenvalue weighted by Gasteiger charge is -2.18. The summed E-state index contributed by atoms with van der Waals surface area (Å²) in [6, 6.07) is 0. The van der Waals surface area contributed by atoms with E-state index in [9.17, 15) is 4.79 Å². The summed E-state index contributed by atoms with van der Waals surface area (Å²) in [7, 11) is 1.50. The average Bonchev–Trinajstić information content (AvgIpc) is 2.68. The van der Waals surface area contributed by atoms with Crippen molar-refractivity contribution in [3.8, 4) is 0 Å². The highest BCUT2D eigenvalue weighted by Gasteiger charge is 2.12. The van der Waals surface area contributed by atoms with Gasteiger partial charge in [0, 0.05) is 7.05 Å². The van der Waals surface area contributed by atoms with Gasteiger partial charge in [0.15, 0.2) is 0 Å². The van der Waals surface area contributed by atoms with Crippen molar-refractivity contribution in [1.82, 2.24) is 5.32 Å². The van der Waals surface area contributed by atoms with Gasteiger partial charge in [-0.2, -0.15) is 0 Å². The molecule has 10 nitrogen and oxygen atoms in total. The van der Waals surface area contributed by atoms with E-state index in [1.54, 1.807) is 0 Å². The average molecular weight is 395 g/mol. The number of alkyl carbamates (subject to hydrolysis) is 1. The van der Waals surface area contributed by atoms with Crippen LogP contribution in [0.3, 0.4) is 0 Å². The van der Waals surface area contributed by atoms with Crippen LogP contribution >= 0.6 is 0 Å². The maximum atomic E-state index is 11.2. The molecule has 0 spiro atoms. The van der Waals surface area contributed by atoms with Crippen LogP contribution in [0.25, 0.3) is 0 Å². The van der Waals surface area contributed by atoms with Gasteiger partial charge in [-0.3, -0.25) is 0 Å². The molecule has 1 fully saturated rings. The topological polar surface area (TPSA) is 103 Å². The molecule has 0 aromatic heterocycles. The second-order valence-electron chi connectivity index (χ2n) is 5.48. The second kappa shape index (κ2) is 18.4. The number of rotatable bonds is 2. The van der Waals surface area contributed by atoms with E-state index >= 15 is 0 Å². The fraction of sp³-hybridized carbons (Fsp3) is 0.941. The van der Waals surface area contributed by atoms with Gasteiger partial charge in [0.2, 0.25) is 0 Å². The first-order valence-corrected chi connectivity index (χ1v) is 9.25. The SMILES string of the molecule is CNC(=O)OCC1COCCOCCOCCOCCOCCOCCO1. The molecule has 1 atom stereocenters. The number of hydrogen-bond donors (Lipinski definition) is 1. The lowest BCUT2D eigenvalue weighted by atomic mass is 10.4. The van der Waals surface area contributed by atoms with Crippen molar-refractivity contribution in [2.24, 2.45) is 0 Å². The highest BCUT2D eigenvalue weighted by molar-refractivity contribution is 5.66. The van der Waals surface area contributed by atoms with Gasteiger partial charge in [-0.25, -0.2) is 4.79 Å².